The summed E-state index contributed by atoms with van der Waals surface area (Å²) in [6, 6.07) is 6.55. The van der Waals surface area contributed by atoms with Crippen LogP contribution in [0, 0.1) is 0 Å². The Morgan fingerprint density at radius 2 is 1.86 bits per heavy atom. The zero-order valence-electron chi connectivity index (χ0n) is 12.4. The van der Waals surface area contributed by atoms with Crippen LogP contribution in [0.4, 0.5) is 5.69 Å². The smallest absolute Gasteiger partial charge is 0.242 e. The number of aliphatic hydroxyl groups is 1. The molecule has 1 saturated heterocycles. The van der Waals surface area contributed by atoms with Gasteiger partial charge in [-0.25, -0.2) is 8.42 Å². The van der Waals surface area contributed by atoms with Crippen molar-refractivity contribution in [3.05, 3.63) is 24.3 Å². The van der Waals surface area contributed by atoms with Crippen molar-refractivity contribution in [2.45, 2.75) is 23.3 Å². The number of anilines is 1. The highest BCUT2D eigenvalue weighted by Gasteiger charge is 2.34. The maximum Gasteiger partial charge on any atom is 0.242 e. The lowest BCUT2D eigenvalue weighted by molar-refractivity contribution is -0.0689. The van der Waals surface area contributed by atoms with Crippen molar-refractivity contribution < 1.29 is 18.3 Å². The first-order chi connectivity index (χ1) is 9.87. The van der Waals surface area contributed by atoms with E-state index in [-0.39, 0.29) is 11.4 Å². The van der Waals surface area contributed by atoms with Crippen molar-refractivity contribution in [3.8, 4) is 0 Å². The van der Waals surface area contributed by atoms with Gasteiger partial charge in [0.25, 0.3) is 0 Å². The van der Waals surface area contributed by atoms with Crippen LogP contribution < -0.4 is 5.32 Å². The molecular formula is C14H22N2O4S. The van der Waals surface area contributed by atoms with Crippen LogP contribution in [-0.4, -0.2) is 57.3 Å². The predicted octanol–water partition coefficient (Wildman–Crippen LogP) is 0.890. The Morgan fingerprint density at radius 3 is 2.38 bits per heavy atom. The number of nitrogens with zero attached hydrogens (tertiary/aromatic N) is 1. The molecule has 0 aromatic heterocycles. The largest absolute Gasteiger partial charge is 0.388 e. The first-order valence-corrected chi connectivity index (χ1v) is 8.36. The summed E-state index contributed by atoms with van der Waals surface area (Å²) >= 11 is 0. The van der Waals surface area contributed by atoms with Gasteiger partial charge in [0.15, 0.2) is 0 Å². The van der Waals surface area contributed by atoms with Gasteiger partial charge in [-0.3, -0.25) is 0 Å². The van der Waals surface area contributed by atoms with E-state index in [4.69, 9.17) is 4.74 Å². The summed E-state index contributed by atoms with van der Waals surface area (Å²) in [7, 11) is -0.328. The van der Waals surface area contributed by atoms with Crippen LogP contribution in [0.25, 0.3) is 0 Å². The molecule has 0 aliphatic carbocycles. The molecule has 1 heterocycles. The zero-order valence-corrected chi connectivity index (χ0v) is 13.2. The van der Waals surface area contributed by atoms with Gasteiger partial charge in [0, 0.05) is 52.4 Å². The minimum Gasteiger partial charge on any atom is -0.388 e. The quantitative estimate of drug-likeness (QED) is 0.844. The van der Waals surface area contributed by atoms with E-state index in [0.717, 1.165) is 5.69 Å². The molecule has 1 fully saturated rings. The molecule has 1 aromatic rings. The molecule has 0 bridgehead atoms. The van der Waals surface area contributed by atoms with Crippen molar-refractivity contribution >= 4 is 15.7 Å². The van der Waals surface area contributed by atoms with Crippen LogP contribution in [0.2, 0.25) is 0 Å². The highest BCUT2D eigenvalue weighted by Crippen LogP contribution is 2.24. The molecule has 7 heteroatoms. The molecule has 21 heavy (non-hydrogen) atoms. The summed E-state index contributed by atoms with van der Waals surface area (Å²) in [5.74, 6) is 0. The molecule has 0 amide bonds. The molecule has 0 spiro atoms. The number of sulfonamides is 1. The average molecular weight is 314 g/mol. The number of nitrogens with one attached hydrogen (secondary N) is 1. The lowest BCUT2D eigenvalue weighted by Gasteiger charge is -2.35. The van der Waals surface area contributed by atoms with Gasteiger partial charge in [-0.15, -0.1) is 0 Å². The van der Waals surface area contributed by atoms with Gasteiger partial charge in [0.2, 0.25) is 10.0 Å². The van der Waals surface area contributed by atoms with Crippen LogP contribution in [0.15, 0.2) is 29.2 Å². The Kier molecular flexibility index (Phi) is 4.88. The van der Waals surface area contributed by atoms with Crippen molar-refractivity contribution in [3.63, 3.8) is 0 Å². The van der Waals surface area contributed by atoms with Crippen LogP contribution in [0.5, 0.6) is 0 Å². The molecule has 1 aliphatic rings. The van der Waals surface area contributed by atoms with Crippen molar-refractivity contribution in [1.29, 1.82) is 0 Å². The Hall–Kier alpha value is -1.15. The Balaban J connectivity index is 2.13. The molecule has 1 aromatic carbocycles. The Labute approximate surface area is 125 Å². The standard InChI is InChI=1S/C14H22N2O4S/c1-15-12-3-5-13(6-4-12)21(18,19)16(2)11-14(17)7-9-20-10-8-14/h3-6,15,17H,7-11H2,1-2H3. The molecule has 2 rings (SSSR count). The van der Waals surface area contributed by atoms with E-state index in [1.165, 1.54) is 11.4 Å². The third-order valence-corrected chi connectivity index (χ3v) is 5.61. The average Bonchev–Trinajstić information content (AvgIpc) is 2.47. The van der Waals surface area contributed by atoms with E-state index in [2.05, 4.69) is 5.32 Å². The van der Waals surface area contributed by atoms with E-state index in [1.807, 2.05) is 0 Å². The molecule has 0 radical (unpaired) electrons. The Bertz CT molecular complexity index is 565. The van der Waals surface area contributed by atoms with Gasteiger partial charge in [-0.1, -0.05) is 0 Å². The van der Waals surface area contributed by atoms with Gasteiger partial charge in [-0.05, 0) is 24.3 Å². The predicted molar refractivity (Wildman–Crippen MR) is 80.8 cm³/mol. The summed E-state index contributed by atoms with van der Waals surface area (Å²) in [6.07, 6.45) is 0.900. The van der Waals surface area contributed by atoms with Gasteiger partial charge >= 0.3 is 0 Å². The summed E-state index contributed by atoms with van der Waals surface area (Å²) in [5.41, 5.74) is -0.162. The highest BCUT2D eigenvalue weighted by molar-refractivity contribution is 7.89. The second-order valence-corrected chi connectivity index (χ2v) is 7.42. The van der Waals surface area contributed by atoms with Gasteiger partial charge in [0.1, 0.15) is 0 Å². The number of hydrogen-bond acceptors (Lipinski definition) is 5. The fraction of sp³-hybridized carbons (Fsp3) is 0.571. The zero-order chi connectivity index (χ0) is 15.5. The van der Waals surface area contributed by atoms with Gasteiger partial charge < -0.3 is 15.2 Å². The summed E-state index contributed by atoms with van der Waals surface area (Å²) < 4.78 is 31.4. The first kappa shape index (κ1) is 16.2. The number of rotatable bonds is 5. The summed E-state index contributed by atoms with van der Waals surface area (Å²) in [5, 5.41) is 13.4. The fourth-order valence-electron chi connectivity index (χ4n) is 2.38. The third-order valence-electron chi connectivity index (χ3n) is 3.79. The minimum atomic E-state index is -3.60. The number of likely N-dealkylation sites (N-methyl/N-ethyl adjacent to an activating group) is 1. The Morgan fingerprint density at radius 1 is 1.29 bits per heavy atom. The number of benzene rings is 1. The second-order valence-electron chi connectivity index (χ2n) is 5.37. The normalized spacial score (nSPS) is 18.7. The lowest BCUT2D eigenvalue weighted by atomic mass is 9.95. The van der Waals surface area contributed by atoms with E-state index in [0.29, 0.717) is 26.1 Å². The number of hydrogen-bond donors (Lipinski definition) is 2. The third kappa shape index (κ3) is 3.74. The van der Waals surface area contributed by atoms with E-state index in [9.17, 15) is 13.5 Å². The fourth-order valence-corrected chi connectivity index (χ4v) is 3.63. The van der Waals surface area contributed by atoms with Crippen LogP contribution in [-0.2, 0) is 14.8 Å². The molecule has 6 nitrogen and oxygen atoms in total. The number of ether oxygens (including phenoxy) is 1. The van der Waals surface area contributed by atoms with Gasteiger partial charge in [0.05, 0.1) is 10.5 Å². The first-order valence-electron chi connectivity index (χ1n) is 6.92. The molecule has 0 atom stereocenters. The van der Waals surface area contributed by atoms with Crippen molar-refractivity contribution in [2.75, 3.05) is 39.2 Å². The molecule has 118 valence electrons. The van der Waals surface area contributed by atoms with E-state index in [1.54, 1.807) is 31.3 Å². The van der Waals surface area contributed by atoms with E-state index < -0.39 is 15.6 Å². The molecule has 0 saturated carbocycles. The maximum atomic E-state index is 12.5. The summed E-state index contributed by atoms with van der Waals surface area (Å²) in [6.45, 7) is 0.995. The van der Waals surface area contributed by atoms with E-state index >= 15 is 0 Å². The topological polar surface area (TPSA) is 78.9 Å². The molecular weight excluding hydrogens is 292 g/mol. The van der Waals surface area contributed by atoms with Crippen LogP contribution in [0.1, 0.15) is 12.8 Å². The molecule has 0 unspecified atom stereocenters. The highest BCUT2D eigenvalue weighted by atomic mass is 32.2. The van der Waals surface area contributed by atoms with Gasteiger partial charge in [-0.2, -0.15) is 4.31 Å². The van der Waals surface area contributed by atoms with Crippen molar-refractivity contribution in [2.24, 2.45) is 0 Å². The second kappa shape index (κ2) is 6.31. The molecule has 1 aliphatic heterocycles. The van der Waals surface area contributed by atoms with Crippen LogP contribution in [0.3, 0.4) is 0 Å². The lowest BCUT2D eigenvalue weighted by Crippen LogP contribution is -2.47. The summed E-state index contributed by atoms with van der Waals surface area (Å²) in [4.78, 5) is 0.222. The SMILES string of the molecule is CNc1ccc(S(=O)(=O)N(C)CC2(O)CCOCC2)cc1. The maximum absolute atomic E-state index is 12.5. The van der Waals surface area contributed by atoms with Crippen molar-refractivity contribution in [1.82, 2.24) is 4.31 Å². The van der Waals surface area contributed by atoms with Crippen LogP contribution >= 0.6 is 0 Å². The monoisotopic (exact) mass is 314 g/mol. The minimum absolute atomic E-state index is 0.0759. The molecule has 2 N–H and O–H groups in total.